The average Bonchev–Trinajstić information content (AvgIpc) is 2.84. The van der Waals surface area contributed by atoms with Crippen molar-refractivity contribution in [2.45, 2.75) is 11.8 Å². The Morgan fingerprint density at radius 2 is 1.77 bits per heavy atom. The van der Waals surface area contributed by atoms with Gasteiger partial charge in [0.1, 0.15) is 12.3 Å². The molecule has 9 nitrogen and oxygen atoms in total. The lowest BCUT2D eigenvalue weighted by molar-refractivity contribution is -0.120. The molecule has 35 heavy (non-hydrogen) atoms. The molecule has 0 bridgehead atoms. The number of carbonyl (C=O) groups is 2. The molecule has 3 N–H and O–H groups in total. The molecule has 0 aliphatic heterocycles. The van der Waals surface area contributed by atoms with Crippen LogP contribution in [0.4, 0.5) is 5.69 Å². The lowest BCUT2D eigenvalue weighted by Gasteiger charge is -2.25. The Morgan fingerprint density at radius 1 is 1.09 bits per heavy atom. The van der Waals surface area contributed by atoms with Gasteiger partial charge in [-0.1, -0.05) is 35.9 Å². The highest BCUT2D eigenvalue weighted by molar-refractivity contribution is 7.92. The van der Waals surface area contributed by atoms with Crippen molar-refractivity contribution >= 4 is 45.3 Å². The van der Waals surface area contributed by atoms with Gasteiger partial charge in [-0.05, 0) is 66.6 Å². The number of rotatable bonds is 10. The largest absolute Gasteiger partial charge is 0.484 e. The summed E-state index contributed by atoms with van der Waals surface area (Å²) in [5, 5.41) is 4.23. The van der Waals surface area contributed by atoms with Crippen LogP contribution in [0, 0.1) is 6.92 Å². The molecule has 2 amide bonds. The molecule has 0 aliphatic rings. The summed E-state index contributed by atoms with van der Waals surface area (Å²) in [6.07, 6.45) is 1.39. The van der Waals surface area contributed by atoms with Crippen molar-refractivity contribution in [3.05, 3.63) is 88.9 Å². The van der Waals surface area contributed by atoms with Crippen LogP contribution in [0.5, 0.6) is 5.75 Å². The molecule has 0 saturated carbocycles. The first kappa shape index (κ1) is 25.7. The second-order valence-corrected chi connectivity index (χ2v) is 9.67. The number of primary amides is 1. The first-order chi connectivity index (χ1) is 16.7. The zero-order chi connectivity index (χ0) is 25.4. The molecule has 0 radical (unpaired) electrons. The molecular formula is C24H23ClN4O5S. The Balaban J connectivity index is 1.76. The van der Waals surface area contributed by atoms with Crippen LogP contribution in [0.15, 0.2) is 82.8 Å². The number of halogens is 1. The standard InChI is InChI=1S/C24H23ClN4O5S/c1-17-7-10-19(25)13-22(17)29(35(32,33)21-5-3-2-4-6-21)15-24(31)28-27-14-18-8-11-20(12-9-18)34-16-23(26)30/h2-14H,15-16H2,1H3,(H2,26,30)(H,28,31)/b27-14-. The SMILES string of the molecule is Cc1ccc(Cl)cc1N(CC(=O)N/N=C\c1ccc(OCC(N)=O)cc1)S(=O)(=O)c1ccccc1. The van der Waals surface area contributed by atoms with Crippen LogP contribution in [0.25, 0.3) is 0 Å². The number of nitrogens with one attached hydrogen (secondary N) is 1. The molecule has 0 aromatic heterocycles. The Labute approximate surface area is 208 Å². The predicted molar refractivity (Wildman–Crippen MR) is 134 cm³/mol. The number of ether oxygens (including phenoxy) is 1. The summed E-state index contributed by atoms with van der Waals surface area (Å²) in [4.78, 5) is 23.5. The maximum atomic E-state index is 13.4. The minimum absolute atomic E-state index is 0.0364. The van der Waals surface area contributed by atoms with Gasteiger partial charge in [0.2, 0.25) is 0 Å². The minimum Gasteiger partial charge on any atom is -0.484 e. The van der Waals surface area contributed by atoms with Crippen molar-refractivity contribution in [1.82, 2.24) is 5.43 Å². The van der Waals surface area contributed by atoms with E-state index >= 15 is 0 Å². The van der Waals surface area contributed by atoms with E-state index in [1.807, 2.05) is 0 Å². The fourth-order valence-corrected chi connectivity index (χ4v) is 4.68. The maximum absolute atomic E-state index is 13.4. The molecule has 182 valence electrons. The number of anilines is 1. The summed E-state index contributed by atoms with van der Waals surface area (Å²) >= 11 is 6.11. The third-order valence-electron chi connectivity index (χ3n) is 4.72. The highest BCUT2D eigenvalue weighted by atomic mass is 35.5. The monoisotopic (exact) mass is 514 g/mol. The van der Waals surface area contributed by atoms with Gasteiger partial charge in [0.05, 0.1) is 16.8 Å². The van der Waals surface area contributed by atoms with Crippen LogP contribution < -0.4 is 20.2 Å². The zero-order valence-electron chi connectivity index (χ0n) is 18.7. The fourth-order valence-electron chi connectivity index (χ4n) is 3.02. The van der Waals surface area contributed by atoms with E-state index in [9.17, 15) is 18.0 Å². The number of carbonyl (C=O) groups excluding carboxylic acids is 2. The van der Waals surface area contributed by atoms with Gasteiger partial charge in [0.15, 0.2) is 6.61 Å². The fraction of sp³-hybridized carbons (Fsp3) is 0.125. The Bertz CT molecular complexity index is 1330. The average molecular weight is 515 g/mol. The Morgan fingerprint density at radius 3 is 2.43 bits per heavy atom. The number of hydrogen-bond donors (Lipinski definition) is 2. The Kier molecular flexibility index (Phi) is 8.45. The summed E-state index contributed by atoms with van der Waals surface area (Å²) in [6.45, 7) is 0.972. The van der Waals surface area contributed by atoms with E-state index < -0.39 is 28.4 Å². The number of nitrogens with two attached hydrogens (primary N) is 1. The van der Waals surface area contributed by atoms with Gasteiger partial charge in [-0.3, -0.25) is 13.9 Å². The molecule has 0 saturated heterocycles. The van der Waals surface area contributed by atoms with Crippen molar-refractivity contribution in [3.8, 4) is 5.75 Å². The summed E-state index contributed by atoms with van der Waals surface area (Å²) in [7, 11) is -4.07. The van der Waals surface area contributed by atoms with E-state index in [0.717, 1.165) is 4.31 Å². The first-order valence-corrected chi connectivity index (χ1v) is 12.2. The smallest absolute Gasteiger partial charge is 0.264 e. The predicted octanol–water partition coefficient (Wildman–Crippen LogP) is 2.86. The molecular weight excluding hydrogens is 492 g/mol. The molecule has 0 heterocycles. The highest BCUT2D eigenvalue weighted by Gasteiger charge is 2.28. The molecule has 0 spiro atoms. The van der Waals surface area contributed by atoms with Gasteiger partial charge in [0, 0.05) is 5.02 Å². The second kappa shape index (κ2) is 11.5. The van der Waals surface area contributed by atoms with Crippen molar-refractivity contribution in [2.75, 3.05) is 17.5 Å². The first-order valence-electron chi connectivity index (χ1n) is 10.3. The van der Waals surface area contributed by atoms with Gasteiger partial charge in [0.25, 0.3) is 21.8 Å². The van der Waals surface area contributed by atoms with E-state index in [2.05, 4.69) is 10.5 Å². The number of hydrogen-bond acceptors (Lipinski definition) is 6. The van der Waals surface area contributed by atoms with Gasteiger partial charge in [-0.2, -0.15) is 5.10 Å². The topological polar surface area (TPSA) is 131 Å². The molecule has 0 aliphatic carbocycles. The second-order valence-electron chi connectivity index (χ2n) is 7.37. The van der Waals surface area contributed by atoms with Crippen LogP contribution in [-0.2, 0) is 19.6 Å². The number of benzene rings is 3. The van der Waals surface area contributed by atoms with Crippen LogP contribution in [0.3, 0.4) is 0 Å². The number of nitrogens with zero attached hydrogens (tertiary/aromatic N) is 2. The van der Waals surface area contributed by atoms with E-state index in [-0.39, 0.29) is 17.2 Å². The summed E-state index contributed by atoms with van der Waals surface area (Å²) in [6, 6.07) is 19.2. The van der Waals surface area contributed by atoms with Crippen molar-refractivity contribution in [1.29, 1.82) is 0 Å². The van der Waals surface area contributed by atoms with Crippen LogP contribution in [0.1, 0.15) is 11.1 Å². The summed E-state index contributed by atoms with van der Waals surface area (Å²) in [5.41, 5.74) is 8.93. The minimum atomic E-state index is -4.07. The van der Waals surface area contributed by atoms with E-state index in [4.69, 9.17) is 22.1 Å². The third-order valence-corrected chi connectivity index (χ3v) is 6.73. The van der Waals surface area contributed by atoms with Crippen LogP contribution in [0.2, 0.25) is 5.02 Å². The molecule has 0 unspecified atom stereocenters. The molecule has 11 heteroatoms. The van der Waals surface area contributed by atoms with Gasteiger partial charge in [-0.25, -0.2) is 13.8 Å². The number of amides is 2. The van der Waals surface area contributed by atoms with Gasteiger partial charge >= 0.3 is 0 Å². The van der Waals surface area contributed by atoms with E-state index in [1.165, 1.54) is 24.4 Å². The van der Waals surface area contributed by atoms with Crippen molar-refractivity contribution in [3.63, 3.8) is 0 Å². The van der Waals surface area contributed by atoms with Crippen molar-refractivity contribution < 1.29 is 22.7 Å². The highest BCUT2D eigenvalue weighted by Crippen LogP contribution is 2.29. The summed E-state index contributed by atoms with van der Waals surface area (Å²) in [5.74, 6) is -0.792. The number of hydrazone groups is 1. The lowest BCUT2D eigenvalue weighted by atomic mass is 10.2. The van der Waals surface area contributed by atoms with Crippen molar-refractivity contribution in [2.24, 2.45) is 10.8 Å². The lowest BCUT2D eigenvalue weighted by Crippen LogP contribution is -2.40. The normalized spacial score (nSPS) is 11.3. The maximum Gasteiger partial charge on any atom is 0.264 e. The molecule has 0 fully saturated rings. The van der Waals surface area contributed by atoms with Gasteiger partial charge in [-0.15, -0.1) is 0 Å². The van der Waals surface area contributed by atoms with E-state index in [0.29, 0.717) is 21.9 Å². The summed E-state index contributed by atoms with van der Waals surface area (Å²) < 4.78 is 32.9. The molecule has 3 aromatic rings. The quantitative estimate of drug-likeness (QED) is 0.317. The molecule has 3 aromatic carbocycles. The van der Waals surface area contributed by atoms with E-state index in [1.54, 1.807) is 61.5 Å². The zero-order valence-corrected chi connectivity index (χ0v) is 20.3. The Hall–Kier alpha value is -3.89. The number of aryl methyl sites for hydroxylation is 1. The molecule has 3 rings (SSSR count). The molecule has 0 atom stereocenters. The third kappa shape index (κ3) is 7.05. The van der Waals surface area contributed by atoms with Crippen LogP contribution >= 0.6 is 11.6 Å². The van der Waals surface area contributed by atoms with Gasteiger partial charge < -0.3 is 10.5 Å². The number of sulfonamides is 1. The van der Waals surface area contributed by atoms with Crippen LogP contribution in [-0.4, -0.2) is 39.6 Å².